The minimum absolute atomic E-state index is 0.0612. The summed E-state index contributed by atoms with van der Waals surface area (Å²) in [7, 11) is 1.59. The average Bonchev–Trinajstić information content (AvgIpc) is 3.04. The second-order valence-corrected chi connectivity index (χ2v) is 7.91. The van der Waals surface area contributed by atoms with Gasteiger partial charge in [0, 0.05) is 35.9 Å². The molecule has 1 aliphatic rings. The van der Waals surface area contributed by atoms with Gasteiger partial charge in [-0.2, -0.15) is 0 Å². The lowest BCUT2D eigenvalue weighted by atomic mass is 10.1. The number of nitrogens with one attached hydrogen (secondary N) is 1. The van der Waals surface area contributed by atoms with Crippen LogP contribution in [0.2, 0.25) is 0 Å². The van der Waals surface area contributed by atoms with E-state index in [0.717, 1.165) is 15.7 Å². The zero-order valence-corrected chi connectivity index (χ0v) is 17.4. The molecule has 1 N–H and O–H groups in total. The van der Waals surface area contributed by atoms with Crippen molar-refractivity contribution >= 4 is 45.0 Å². The summed E-state index contributed by atoms with van der Waals surface area (Å²) in [5.41, 5.74) is 2.55. The number of aryl methyl sites for hydroxylation is 1. The number of hydrogen-bond donors (Lipinski definition) is 1. The zero-order chi connectivity index (χ0) is 20.3. The van der Waals surface area contributed by atoms with E-state index in [2.05, 4.69) is 21.2 Å². The van der Waals surface area contributed by atoms with E-state index in [-0.39, 0.29) is 30.7 Å². The van der Waals surface area contributed by atoms with Gasteiger partial charge in [-0.25, -0.2) is 0 Å². The Balaban J connectivity index is 1.58. The molecule has 0 spiro atoms. The van der Waals surface area contributed by atoms with Crippen LogP contribution in [0, 0.1) is 12.8 Å². The van der Waals surface area contributed by atoms with Crippen molar-refractivity contribution in [3.8, 4) is 0 Å². The summed E-state index contributed by atoms with van der Waals surface area (Å²) in [6, 6.07) is 14.9. The van der Waals surface area contributed by atoms with Gasteiger partial charge in [0.15, 0.2) is 0 Å². The second-order valence-electron chi connectivity index (χ2n) is 6.99. The predicted octanol–water partition coefficient (Wildman–Crippen LogP) is 3.21. The van der Waals surface area contributed by atoms with E-state index in [1.54, 1.807) is 11.9 Å². The van der Waals surface area contributed by atoms with Crippen LogP contribution in [0.1, 0.15) is 12.0 Å². The molecule has 2 aromatic rings. The third kappa shape index (κ3) is 4.78. The molecule has 0 bridgehead atoms. The molecule has 0 radical (unpaired) electrons. The summed E-state index contributed by atoms with van der Waals surface area (Å²) in [6.45, 7) is 2.23. The van der Waals surface area contributed by atoms with Gasteiger partial charge in [-0.15, -0.1) is 0 Å². The summed E-state index contributed by atoms with van der Waals surface area (Å²) in [4.78, 5) is 40.3. The molecule has 3 amide bonds. The molecule has 1 heterocycles. The van der Waals surface area contributed by atoms with Crippen molar-refractivity contribution < 1.29 is 14.4 Å². The van der Waals surface area contributed by atoms with E-state index in [1.807, 2.05) is 55.5 Å². The van der Waals surface area contributed by atoms with Crippen molar-refractivity contribution in [2.75, 3.05) is 30.4 Å². The maximum Gasteiger partial charge on any atom is 0.243 e. The molecule has 28 heavy (non-hydrogen) atoms. The van der Waals surface area contributed by atoms with Crippen LogP contribution in [-0.4, -0.2) is 42.8 Å². The Morgan fingerprint density at radius 2 is 1.93 bits per heavy atom. The number of benzene rings is 2. The molecule has 7 heteroatoms. The van der Waals surface area contributed by atoms with Crippen LogP contribution < -0.4 is 10.2 Å². The Hall–Kier alpha value is -2.67. The van der Waals surface area contributed by atoms with Crippen molar-refractivity contribution in [3.63, 3.8) is 0 Å². The van der Waals surface area contributed by atoms with Crippen molar-refractivity contribution in [3.05, 3.63) is 58.6 Å². The van der Waals surface area contributed by atoms with Gasteiger partial charge in [0.05, 0.1) is 12.5 Å². The number of hydrogen-bond acceptors (Lipinski definition) is 3. The number of amides is 3. The molecule has 0 aromatic heterocycles. The Labute approximate surface area is 172 Å². The molecule has 1 saturated heterocycles. The molecule has 1 atom stereocenters. The lowest BCUT2D eigenvalue weighted by Gasteiger charge is -2.21. The Kier molecular flexibility index (Phi) is 6.14. The van der Waals surface area contributed by atoms with Gasteiger partial charge in [0.25, 0.3) is 0 Å². The number of halogens is 1. The number of nitrogens with zero attached hydrogens (tertiary/aromatic N) is 2. The highest BCUT2D eigenvalue weighted by Crippen LogP contribution is 2.28. The minimum Gasteiger partial charge on any atom is -0.336 e. The smallest absolute Gasteiger partial charge is 0.243 e. The van der Waals surface area contributed by atoms with Crippen LogP contribution in [0.3, 0.4) is 0 Å². The molecule has 1 fully saturated rings. The van der Waals surface area contributed by atoms with E-state index in [1.165, 1.54) is 4.90 Å². The van der Waals surface area contributed by atoms with Gasteiger partial charge < -0.3 is 15.1 Å². The third-order valence-electron chi connectivity index (χ3n) is 4.69. The fourth-order valence-corrected chi connectivity index (χ4v) is 3.60. The summed E-state index contributed by atoms with van der Waals surface area (Å²) in [5, 5.41) is 2.78. The number of carbonyl (C=O) groups excluding carboxylic acids is 3. The number of carbonyl (C=O) groups is 3. The minimum atomic E-state index is -0.455. The summed E-state index contributed by atoms with van der Waals surface area (Å²) in [5.74, 6) is -1.02. The Morgan fingerprint density at radius 1 is 1.21 bits per heavy atom. The van der Waals surface area contributed by atoms with Crippen molar-refractivity contribution in [1.29, 1.82) is 0 Å². The Bertz CT molecular complexity index is 898. The van der Waals surface area contributed by atoms with Gasteiger partial charge in [0.2, 0.25) is 17.7 Å². The molecule has 3 rings (SSSR count). The number of anilines is 2. The molecular formula is C21H22BrN3O3. The lowest BCUT2D eigenvalue weighted by molar-refractivity contribution is -0.137. The fraction of sp³-hybridized carbons (Fsp3) is 0.286. The molecule has 0 saturated carbocycles. The first kappa shape index (κ1) is 20.1. The molecule has 2 aromatic carbocycles. The van der Waals surface area contributed by atoms with Crippen LogP contribution in [0.15, 0.2) is 53.0 Å². The highest BCUT2D eigenvalue weighted by molar-refractivity contribution is 9.10. The summed E-state index contributed by atoms with van der Waals surface area (Å²) in [6.07, 6.45) is 0.148. The first-order valence-corrected chi connectivity index (χ1v) is 9.80. The zero-order valence-electron chi connectivity index (χ0n) is 15.8. The van der Waals surface area contributed by atoms with Gasteiger partial charge >= 0.3 is 0 Å². The van der Waals surface area contributed by atoms with Crippen molar-refractivity contribution in [2.45, 2.75) is 13.3 Å². The van der Waals surface area contributed by atoms with Crippen LogP contribution in [0.25, 0.3) is 0 Å². The summed E-state index contributed by atoms with van der Waals surface area (Å²) < 4.78 is 0.873. The number of rotatable bonds is 5. The molecule has 1 unspecified atom stereocenters. The fourth-order valence-electron chi connectivity index (χ4n) is 3.21. The first-order valence-electron chi connectivity index (χ1n) is 9.01. The standard InChI is InChI=1S/C21H22BrN3O3/c1-14-6-8-17(9-7-14)23-19(26)13-24(2)21(28)15-10-20(27)25(12-15)18-5-3-4-16(22)11-18/h3-9,11,15H,10,12-13H2,1-2H3,(H,23,26). The highest BCUT2D eigenvalue weighted by atomic mass is 79.9. The van der Waals surface area contributed by atoms with Gasteiger partial charge in [-0.1, -0.05) is 39.7 Å². The van der Waals surface area contributed by atoms with Crippen LogP contribution in [-0.2, 0) is 14.4 Å². The van der Waals surface area contributed by atoms with E-state index in [0.29, 0.717) is 12.2 Å². The van der Waals surface area contributed by atoms with Gasteiger partial charge in [0.1, 0.15) is 0 Å². The maximum atomic E-state index is 12.7. The predicted molar refractivity (Wildman–Crippen MR) is 112 cm³/mol. The average molecular weight is 444 g/mol. The largest absolute Gasteiger partial charge is 0.336 e. The second kappa shape index (κ2) is 8.56. The first-order chi connectivity index (χ1) is 13.3. The molecule has 6 nitrogen and oxygen atoms in total. The molecule has 146 valence electrons. The third-order valence-corrected chi connectivity index (χ3v) is 5.18. The van der Waals surface area contributed by atoms with Crippen molar-refractivity contribution in [1.82, 2.24) is 4.90 Å². The van der Waals surface area contributed by atoms with Gasteiger partial charge in [-0.3, -0.25) is 14.4 Å². The normalized spacial score (nSPS) is 16.2. The van der Waals surface area contributed by atoms with E-state index in [4.69, 9.17) is 0 Å². The van der Waals surface area contributed by atoms with Crippen molar-refractivity contribution in [2.24, 2.45) is 5.92 Å². The monoisotopic (exact) mass is 443 g/mol. The van der Waals surface area contributed by atoms with Crippen LogP contribution in [0.5, 0.6) is 0 Å². The molecule has 0 aliphatic carbocycles. The highest BCUT2D eigenvalue weighted by Gasteiger charge is 2.36. The Morgan fingerprint density at radius 3 is 2.61 bits per heavy atom. The lowest BCUT2D eigenvalue weighted by Crippen LogP contribution is -2.39. The molecule has 1 aliphatic heterocycles. The van der Waals surface area contributed by atoms with E-state index >= 15 is 0 Å². The molecular weight excluding hydrogens is 422 g/mol. The van der Waals surface area contributed by atoms with Crippen LogP contribution in [0.4, 0.5) is 11.4 Å². The number of likely N-dealkylation sites (N-methyl/N-ethyl adjacent to an activating group) is 1. The summed E-state index contributed by atoms with van der Waals surface area (Å²) >= 11 is 3.40. The van der Waals surface area contributed by atoms with Crippen LogP contribution >= 0.6 is 15.9 Å². The van der Waals surface area contributed by atoms with Gasteiger partial charge in [-0.05, 0) is 37.3 Å². The SMILES string of the molecule is Cc1ccc(NC(=O)CN(C)C(=O)C2CC(=O)N(c3cccc(Br)c3)C2)cc1. The van der Waals surface area contributed by atoms with E-state index in [9.17, 15) is 14.4 Å². The quantitative estimate of drug-likeness (QED) is 0.770. The van der Waals surface area contributed by atoms with E-state index < -0.39 is 5.92 Å². The topological polar surface area (TPSA) is 69.7 Å². The maximum absolute atomic E-state index is 12.7.